The summed E-state index contributed by atoms with van der Waals surface area (Å²) in [5, 5.41) is 3.71. The molecule has 0 amide bonds. The Morgan fingerprint density at radius 1 is 1.09 bits per heavy atom. The number of benzene rings is 2. The highest BCUT2D eigenvalue weighted by Gasteiger charge is 2.13. The van der Waals surface area contributed by atoms with Crippen molar-refractivity contribution in [2.75, 3.05) is 0 Å². The Balaban J connectivity index is 2.22. The Kier molecular flexibility index (Phi) is 4.92. The van der Waals surface area contributed by atoms with Gasteiger partial charge in [0.15, 0.2) is 11.6 Å². The number of nitrogens with zero attached hydrogens (tertiary/aromatic N) is 1. The van der Waals surface area contributed by atoms with Crippen LogP contribution in [0, 0.1) is 11.6 Å². The number of hydrazone groups is 1. The molecule has 0 spiro atoms. The Morgan fingerprint density at radius 2 is 1.73 bits per heavy atom. The summed E-state index contributed by atoms with van der Waals surface area (Å²) in [7, 11) is -3.82. The second kappa shape index (κ2) is 6.53. The van der Waals surface area contributed by atoms with Gasteiger partial charge in [-0.25, -0.2) is 8.78 Å². The average molecular weight is 389 g/mol. The zero-order valence-electron chi connectivity index (χ0n) is 11.3. The predicted molar refractivity (Wildman–Crippen MR) is 83.0 cm³/mol. The first-order valence-corrected chi connectivity index (χ1v) is 8.34. The number of rotatable bonds is 4. The molecule has 0 heterocycles. The third-order valence-corrected chi connectivity index (χ3v) is 4.55. The van der Waals surface area contributed by atoms with Gasteiger partial charge in [-0.05, 0) is 49.4 Å². The molecular formula is C14H11BrF2N2O2S. The van der Waals surface area contributed by atoms with Crippen molar-refractivity contribution in [2.24, 2.45) is 5.10 Å². The van der Waals surface area contributed by atoms with Crippen LogP contribution >= 0.6 is 15.9 Å². The van der Waals surface area contributed by atoms with Crippen LogP contribution in [0.2, 0.25) is 0 Å². The van der Waals surface area contributed by atoms with Crippen LogP contribution in [0.4, 0.5) is 8.78 Å². The van der Waals surface area contributed by atoms with E-state index in [0.29, 0.717) is 0 Å². The van der Waals surface area contributed by atoms with Gasteiger partial charge in [0.25, 0.3) is 10.0 Å². The lowest BCUT2D eigenvalue weighted by atomic mass is 10.1. The van der Waals surface area contributed by atoms with Crippen molar-refractivity contribution in [3.8, 4) is 0 Å². The van der Waals surface area contributed by atoms with Gasteiger partial charge < -0.3 is 0 Å². The Morgan fingerprint density at radius 3 is 2.32 bits per heavy atom. The van der Waals surface area contributed by atoms with Crippen molar-refractivity contribution in [3.05, 3.63) is 64.1 Å². The molecule has 0 saturated heterocycles. The van der Waals surface area contributed by atoms with E-state index in [1.54, 1.807) is 12.1 Å². The molecule has 0 radical (unpaired) electrons. The van der Waals surface area contributed by atoms with Crippen LogP contribution in [0.1, 0.15) is 12.5 Å². The SMILES string of the molecule is C/C(=N/NS(=O)(=O)c1ccc(Br)cc1)c1ccc(F)c(F)c1. The fourth-order valence-corrected chi connectivity index (χ4v) is 2.70. The number of hydrogen-bond acceptors (Lipinski definition) is 3. The highest BCUT2D eigenvalue weighted by Crippen LogP contribution is 2.15. The maximum absolute atomic E-state index is 13.1. The molecule has 0 aliphatic carbocycles. The quantitative estimate of drug-likeness (QED) is 0.644. The zero-order valence-corrected chi connectivity index (χ0v) is 13.7. The van der Waals surface area contributed by atoms with Gasteiger partial charge in [-0.15, -0.1) is 0 Å². The molecule has 0 aliphatic heterocycles. The summed E-state index contributed by atoms with van der Waals surface area (Å²) in [4.78, 5) is 2.10. The molecule has 0 aromatic heterocycles. The van der Waals surface area contributed by atoms with E-state index in [0.717, 1.165) is 16.6 Å². The van der Waals surface area contributed by atoms with Gasteiger partial charge in [0, 0.05) is 10.0 Å². The highest BCUT2D eigenvalue weighted by molar-refractivity contribution is 9.10. The lowest BCUT2D eigenvalue weighted by Gasteiger charge is -2.06. The van der Waals surface area contributed by atoms with Crippen molar-refractivity contribution in [3.63, 3.8) is 0 Å². The van der Waals surface area contributed by atoms with E-state index in [2.05, 4.69) is 25.9 Å². The van der Waals surface area contributed by atoms with Crippen LogP contribution < -0.4 is 4.83 Å². The average Bonchev–Trinajstić information content (AvgIpc) is 2.48. The molecule has 0 fully saturated rings. The minimum absolute atomic E-state index is 0.0394. The Hall–Kier alpha value is -1.80. The standard InChI is InChI=1S/C14H11BrF2N2O2S/c1-9(10-2-7-13(16)14(17)8-10)18-19-22(20,21)12-5-3-11(15)4-6-12/h2-8,19H,1H3/b18-9-. The molecule has 0 aliphatic rings. The van der Waals surface area contributed by atoms with E-state index >= 15 is 0 Å². The molecule has 0 atom stereocenters. The normalized spacial score (nSPS) is 12.3. The van der Waals surface area contributed by atoms with Gasteiger partial charge in [-0.1, -0.05) is 15.9 Å². The van der Waals surface area contributed by atoms with Gasteiger partial charge in [0.05, 0.1) is 10.6 Å². The minimum atomic E-state index is -3.82. The monoisotopic (exact) mass is 388 g/mol. The predicted octanol–water partition coefficient (Wildman–Crippen LogP) is 3.43. The van der Waals surface area contributed by atoms with Gasteiger partial charge in [0.2, 0.25) is 0 Å². The van der Waals surface area contributed by atoms with Crippen LogP contribution in [0.5, 0.6) is 0 Å². The summed E-state index contributed by atoms with van der Waals surface area (Å²) < 4.78 is 50.8. The second-order valence-corrected chi connectivity index (χ2v) is 6.95. The summed E-state index contributed by atoms with van der Waals surface area (Å²) in [6.45, 7) is 1.48. The maximum atomic E-state index is 13.1. The number of halogens is 3. The van der Waals surface area contributed by atoms with E-state index < -0.39 is 21.7 Å². The fourth-order valence-electron chi connectivity index (χ4n) is 1.58. The van der Waals surface area contributed by atoms with E-state index in [4.69, 9.17) is 0 Å². The minimum Gasteiger partial charge on any atom is -0.204 e. The van der Waals surface area contributed by atoms with E-state index in [-0.39, 0.29) is 16.2 Å². The van der Waals surface area contributed by atoms with Crippen LogP contribution in [-0.4, -0.2) is 14.1 Å². The van der Waals surface area contributed by atoms with E-state index in [9.17, 15) is 17.2 Å². The number of hydrogen-bond donors (Lipinski definition) is 1. The van der Waals surface area contributed by atoms with Gasteiger partial charge in [0.1, 0.15) is 0 Å². The third-order valence-electron chi connectivity index (χ3n) is 2.79. The van der Waals surface area contributed by atoms with Crippen LogP contribution in [-0.2, 0) is 10.0 Å². The molecule has 2 aromatic rings. The molecule has 0 saturated carbocycles. The fraction of sp³-hybridized carbons (Fsp3) is 0.0714. The van der Waals surface area contributed by atoms with E-state index in [1.165, 1.54) is 25.1 Å². The van der Waals surface area contributed by atoms with Crippen LogP contribution in [0.25, 0.3) is 0 Å². The second-order valence-electron chi connectivity index (χ2n) is 4.37. The Labute approximate surface area is 135 Å². The largest absolute Gasteiger partial charge is 0.276 e. The molecule has 116 valence electrons. The molecular weight excluding hydrogens is 378 g/mol. The van der Waals surface area contributed by atoms with Crippen LogP contribution in [0.3, 0.4) is 0 Å². The molecule has 1 N–H and O–H groups in total. The third kappa shape index (κ3) is 3.89. The van der Waals surface area contributed by atoms with Crippen molar-refractivity contribution < 1.29 is 17.2 Å². The maximum Gasteiger partial charge on any atom is 0.276 e. The summed E-state index contributed by atoms with van der Waals surface area (Å²) in [5.41, 5.74) is 0.483. The lowest BCUT2D eigenvalue weighted by molar-refractivity contribution is 0.508. The summed E-state index contributed by atoms with van der Waals surface area (Å²) in [5.74, 6) is -2.00. The molecule has 4 nitrogen and oxygen atoms in total. The van der Waals surface area contributed by atoms with E-state index in [1.807, 2.05) is 0 Å². The molecule has 22 heavy (non-hydrogen) atoms. The van der Waals surface area contributed by atoms with Crippen molar-refractivity contribution >= 4 is 31.7 Å². The molecule has 2 rings (SSSR count). The topological polar surface area (TPSA) is 58.5 Å². The molecule has 0 unspecified atom stereocenters. The zero-order chi connectivity index (χ0) is 16.3. The molecule has 2 aromatic carbocycles. The van der Waals surface area contributed by atoms with Gasteiger partial charge >= 0.3 is 0 Å². The first-order chi connectivity index (χ1) is 10.3. The van der Waals surface area contributed by atoms with Crippen LogP contribution in [0.15, 0.2) is 56.9 Å². The lowest BCUT2D eigenvalue weighted by Crippen LogP contribution is -2.20. The van der Waals surface area contributed by atoms with Gasteiger partial charge in [-0.3, -0.25) is 0 Å². The summed E-state index contributed by atoms with van der Waals surface area (Å²) in [6.07, 6.45) is 0. The van der Waals surface area contributed by atoms with Crippen molar-refractivity contribution in [1.29, 1.82) is 0 Å². The van der Waals surface area contributed by atoms with Crippen molar-refractivity contribution in [2.45, 2.75) is 11.8 Å². The summed E-state index contributed by atoms with van der Waals surface area (Å²) >= 11 is 3.21. The Bertz CT molecular complexity index is 821. The molecule has 8 heteroatoms. The first-order valence-electron chi connectivity index (χ1n) is 6.07. The first kappa shape index (κ1) is 16.6. The number of sulfonamides is 1. The smallest absolute Gasteiger partial charge is 0.204 e. The highest BCUT2D eigenvalue weighted by atomic mass is 79.9. The molecule has 0 bridgehead atoms. The summed E-state index contributed by atoms with van der Waals surface area (Å²) in [6, 6.07) is 9.20. The number of nitrogens with one attached hydrogen (secondary N) is 1. The van der Waals surface area contributed by atoms with Gasteiger partial charge in [-0.2, -0.15) is 18.4 Å². The van der Waals surface area contributed by atoms with Crippen molar-refractivity contribution in [1.82, 2.24) is 4.83 Å².